The number of aromatic amines is 1. The highest BCUT2D eigenvalue weighted by Crippen LogP contribution is 2.35. The Morgan fingerprint density at radius 3 is 2.23 bits per heavy atom. The van der Waals surface area contributed by atoms with E-state index in [1.54, 1.807) is 29.1 Å². The molecule has 0 bridgehead atoms. The van der Waals surface area contributed by atoms with E-state index in [0.717, 1.165) is 109 Å². The molecule has 0 aliphatic carbocycles. The Hall–Kier alpha value is -6.76. The number of hydrogen-bond donors (Lipinski definition) is 5. The fraction of sp³-hybridized carbons (Fsp3) is 0.441. The summed E-state index contributed by atoms with van der Waals surface area (Å²) >= 11 is 1.56. The molecule has 0 saturated carbocycles. The number of aliphatic hydroxyl groups is 1. The SMILES string of the molecule is [CH2][C@@H](NC(=O)[C@@H]1C[C@@H](O)CN1C(=O)[C@@H](NC(=O)CN1CCC(CN2CCN(c3ccc(-c4cnc5[nH]cc(C(=O)c6c(F)ccc(N(N7CC[C@@H](F)C7)[SH](=O)=O)c6F)c5c4)cc3)CC2)CC1)C(C)(C)C)c1ccc(-c2scnc2C)cc1. The van der Waals surface area contributed by atoms with Crippen molar-refractivity contribution in [2.45, 2.75) is 83.8 Å². The van der Waals surface area contributed by atoms with Crippen LogP contribution in [0.15, 0.2) is 84.6 Å². The number of pyridine rings is 1. The number of piperazine rings is 1. The minimum Gasteiger partial charge on any atom is -0.391 e. The predicted octanol–water partition coefficient (Wildman–Crippen LogP) is 6.48. The number of nitrogens with zero attached hydrogens (tertiary/aromatic N) is 8. The lowest BCUT2D eigenvalue weighted by atomic mass is 9.85. The number of ketones is 1. The first-order chi connectivity index (χ1) is 39.2. The van der Waals surface area contributed by atoms with Gasteiger partial charge in [-0.25, -0.2) is 36.6 Å². The molecule has 82 heavy (non-hydrogen) atoms. The van der Waals surface area contributed by atoms with Crippen LogP contribution in [0.2, 0.25) is 0 Å². The number of rotatable bonds is 17. The number of thiazole rings is 1. The number of amides is 3. The number of thiol groups is 1. The molecule has 6 aromatic rings. The molecule has 7 heterocycles. The van der Waals surface area contributed by atoms with Gasteiger partial charge in [0.05, 0.1) is 46.9 Å². The highest BCUT2D eigenvalue weighted by atomic mass is 32.2. The minimum atomic E-state index is -3.50. The van der Waals surface area contributed by atoms with E-state index in [-0.39, 0.29) is 50.5 Å². The lowest BCUT2D eigenvalue weighted by Crippen LogP contribution is -2.59. The largest absolute Gasteiger partial charge is 0.391 e. The summed E-state index contributed by atoms with van der Waals surface area (Å²) < 4.78 is 70.5. The summed E-state index contributed by atoms with van der Waals surface area (Å²) in [5.74, 6) is -4.22. The molecule has 4 aliphatic heterocycles. The maximum atomic E-state index is 16.1. The summed E-state index contributed by atoms with van der Waals surface area (Å²) in [5, 5.41) is 18.1. The molecule has 10 rings (SSSR count). The number of aliphatic hydroxyl groups excluding tert-OH is 1. The fourth-order valence-electron chi connectivity index (χ4n) is 11.7. The van der Waals surface area contributed by atoms with Gasteiger partial charge in [0.1, 0.15) is 35.4 Å². The van der Waals surface area contributed by atoms with Crippen LogP contribution in [-0.2, 0) is 25.3 Å². The molecule has 4 aliphatic rings. The van der Waals surface area contributed by atoms with E-state index in [9.17, 15) is 37.1 Å². The van der Waals surface area contributed by atoms with Crippen molar-refractivity contribution < 1.29 is 45.9 Å². The van der Waals surface area contributed by atoms with Gasteiger partial charge in [0.2, 0.25) is 34.4 Å². The molecule has 3 aromatic carbocycles. The fourth-order valence-corrected chi connectivity index (χ4v) is 13.2. The lowest BCUT2D eigenvalue weighted by molar-refractivity contribution is -0.144. The Bertz CT molecular complexity index is 3390. The molecule has 3 aromatic heterocycles. The summed E-state index contributed by atoms with van der Waals surface area (Å²) in [7, 11) is -3.50. The van der Waals surface area contributed by atoms with E-state index in [1.165, 1.54) is 11.1 Å². The number of carbonyl (C=O) groups excluding carboxylic acids is 4. The molecular weight excluding hydrogens is 1100 g/mol. The second-order valence-corrected chi connectivity index (χ2v) is 24.7. The van der Waals surface area contributed by atoms with Crippen LogP contribution in [0, 0.1) is 36.8 Å². The van der Waals surface area contributed by atoms with Gasteiger partial charge in [0, 0.05) is 86.8 Å². The molecule has 18 nitrogen and oxygen atoms in total. The molecule has 5 atom stereocenters. The molecule has 3 amide bonds. The normalized spacial score (nSPS) is 20.4. The second kappa shape index (κ2) is 24.6. The van der Waals surface area contributed by atoms with Gasteiger partial charge in [-0.15, -0.1) is 11.3 Å². The summed E-state index contributed by atoms with van der Waals surface area (Å²) in [6, 6.07) is 16.7. The number of aryl methyl sites for hydroxylation is 1. The van der Waals surface area contributed by atoms with Gasteiger partial charge in [0.15, 0.2) is 5.82 Å². The van der Waals surface area contributed by atoms with Crippen molar-refractivity contribution in [1.29, 1.82) is 0 Å². The van der Waals surface area contributed by atoms with Crippen LogP contribution in [0.25, 0.3) is 32.6 Å². The average molecular weight is 1170 g/mol. The van der Waals surface area contributed by atoms with E-state index >= 15 is 8.78 Å². The van der Waals surface area contributed by atoms with E-state index < -0.39 is 87.2 Å². The number of fused-ring (bicyclic) bond motifs is 1. The van der Waals surface area contributed by atoms with Crippen LogP contribution in [0.4, 0.5) is 24.5 Å². The van der Waals surface area contributed by atoms with Crippen molar-refractivity contribution in [3.05, 3.63) is 126 Å². The molecule has 1 radical (unpaired) electrons. The van der Waals surface area contributed by atoms with Crippen molar-refractivity contribution in [3.8, 4) is 21.6 Å². The number of β-amino-alcohol motifs (C(OH)–C–C–N with tert-alkyl or cyclic N) is 1. The summed E-state index contributed by atoms with van der Waals surface area (Å²) in [5.41, 5.74) is 5.10. The van der Waals surface area contributed by atoms with E-state index in [4.69, 9.17) is 0 Å². The Labute approximate surface area is 480 Å². The number of carbonyl (C=O) groups is 4. The van der Waals surface area contributed by atoms with Crippen molar-refractivity contribution in [2.75, 3.05) is 81.3 Å². The Morgan fingerprint density at radius 1 is 0.878 bits per heavy atom. The van der Waals surface area contributed by atoms with Gasteiger partial charge in [-0.3, -0.25) is 29.0 Å². The van der Waals surface area contributed by atoms with Crippen LogP contribution in [0.5, 0.6) is 0 Å². The number of aromatic nitrogens is 3. The van der Waals surface area contributed by atoms with Gasteiger partial charge in [-0.05, 0) is 105 Å². The van der Waals surface area contributed by atoms with Crippen molar-refractivity contribution in [3.63, 3.8) is 0 Å². The van der Waals surface area contributed by atoms with Crippen LogP contribution < -0.4 is 19.9 Å². The van der Waals surface area contributed by atoms with E-state index in [1.807, 2.05) is 76.2 Å². The summed E-state index contributed by atoms with van der Waals surface area (Å²) in [4.78, 5) is 76.8. The number of hydrazine groups is 1. The zero-order valence-electron chi connectivity index (χ0n) is 46.3. The molecule has 4 N–H and O–H groups in total. The molecule has 435 valence electrons. The maximum Gasteiger partial charge on any atom is 0.246 e. The number of benzene rings is 3. The van der Waals surface area contributed by atoms with E-state index in [0.29, 0.717) is 26.9 Å². The number of anilines is 2. The van der Waals surface area contributed by atoms with Crippen LogP contribution >= 0.6 is 11.3 Å². The average Bonchev–Trinajstić information content (AvgIpc) is 4.35. The van der Waals surface area contributed by atoms with Gasteiger partial charge in [-0.1, -0.05) is 57.2 Å². The third-order valence-electron chi connectivity index (χ3n) is 16.3. The molecule has 4 saturated heterocycles. The number of alkyl halides is 1. The Balaban J connectivity index is 0.687. The Morgan fingerprint density at radius 2 is 1.59 bits per heavy atom. The molecule has 4 fully saturated rings. The monoisotopic (exact) mass is 1160 g/mol. The maximum absolute atomic E-state index is 16.1. The number of piperidine rings is 1. The third-order valence-corrected chi connectivity index (χ3v) is 18.0. The highest BCUT2D eigenvalue weighted by molar-refractivity contribution is 7.73. The van der Waals surface area contributed by atoms with Crippen molar-refractivity contribution >= 4 is 68.1 Å². The third kappa shape index (κ3) is 12.7. The second-order valence-electron chi connectivity index (χ2n) is 23.0. The molecule has 0 spiro atoms. The van der Waals surface area contributed by atoms with Crippen molar-refractivity contribution in [1.82, 2.24) is 45.3 Å². The first kappa shape index (κ1) is 58.4. The first-order valence-corrected chi connectivity index (χ1v) is 29.8. The lowest BCUT2D eigenvalue weighted by Gasteiger charge is -2.40. The van der Waals surface area contributed by atoms with Crippen molar-refractivity contribution in [2.24, 2.45) is 11.3 Å². The standard InChI is InChI=1S/C59H69F3N11O7S2/c1-35(38-6-8-40(9-7-38)54-36(2)65-34-81-54)66-57(77)49-27-44(74)32-72(49)58(78)55(59(3,4)5)67-50(75)33-68-19-16-37(17-20-68)30-69-22-24-70(25-23-69)43-12-10-39(11-13-43)41-26-45-46(29-64-56(45)63-28-41)53(76)51-47(61)14-15-48(52(51)62)73(82(79)80)71-21-18-42(60)31-71/h6-15,26,28-29,34-35,37,42,44,49,55,74,82H,1,16-25,27,30-33H2,2-5H3,(H,63,64)(H,66,77)(H,67,75)/t35-,42-,44-,49+,55-/m1/s1. The smallest absolute Gasteiger partial charge is 0.246 e. The number of halogens is 3. The number of nitrogens with one attached hydrogen (secondary N) is 3. The summed E-state index contributed by atoms with van der Waals surface area (Å²) in [6.45, 7) is 17.4. The zero-order valence-corrected chi connectivity index (χ0v) is 48.0. The minimum absolute atomic E-state index is 0.00548. The molecule has 0 unspecified atom stereocenters. The topological polar surface area (TPSA) is 208 Å². The summed E-state index contributed by atoms with van der Waals surface area (Å²) in [6.07, 6.45) is 2.69. The van der Waals surface area contributed by atoms with Gasteiger partial charge in [-0.2, -0.15) is 4.41 Å². The van der Waals surface area contributed by atoms with Crippen LogP contribution in [0.1, 0.15) is 79.7 Å². The van der Waals surface area contributed by atoms with Gasteiger partial charge in [0.25, 0.3) is 0 Å². The molecular formula is C59H69F3N11O7S2. The highest BCUT2D eigenvalue weighted by Gasteiger charge is 2.45. The van der Waals surface area contributed by atoms with Crippen LogP contribution in [-0.4, -0.2) is 168 Å². The Kier molecular flexibility index (Phi) is 17.5. The number of likely N-dealkylation sites (tertiary alicyclic amines) is 2. The molecule has 23 heteroatoms. The number of H-pyrrole nitrogens is 1. The number of hydrogen-bond acceptors (Lipinski definition) is 14. The zero-order chi connectivity index (χ0) is 58.1. The predicted molar refractivity (Wildman–Crippen MR) is 309 cm³/mol. The van der Waals surface area contributed by atoms with Gasteiger partial charge < -0.3 is 30.5 Å². The quantitative estimate of drug-likeness (QED) is 0.0490. The van der Waals surface area contributed by atoms with E-state index in [2.05, 4.69) is 47.2 Å². The van der Waals surface area contributed by atoms with Crippen LogP contribution in [0.3, 0.4) is 0 Å². The first-order valence-electron chi connectivity index (χ1n) is 27.8. The van der Waals surface area contributed by atoms with Gasteiger partial charge >= 0.3 is 0 Å².